The Morgan fingerprint density at radius 3 is 2.56 bits per heavy atom. The smallest absolute Gasteiger partial charge is 0.305 e. The first kappa shape index (κ1) is 11.0. The zero-order chi connectivity index (χ0) is 11.7. The van der Waals surface area contributed by atoms with Crippen molar-refractivity contribution in [2.24, 2.45) is 0 Å². The van der Waals surface area contributed by atoms with Crippen molar-refractivity contribution in [3.05, 3.63) is 38.3 Å². The molecule has 1 heterocycles. The number of aromatic amines is 1. The average molecular weight is 235 g/mol. The maximum absolute atomic E-state index is 11.3. The average Bonchev–Trinajstić information content (AvgIpc) is 2.57. The van der Waals surface area contributed by atoms with Crippen molar-refractivity contribution in [2.45, 2.75) is 13.8 Å². The van der Waals surface area contributed by atoms with Crippen molar-refractivity contribution >= 4 is 11.3 Å². The Labute approximate surface area is 97.7 Å². The first-order valence-corrected chi connectivity index (χ1v) is 5.78. The normalized spacial score (nSPS) is 10.4. The Bertz CT molecular complexity index is 569. The molecule has 3 nitrogen and oxygen atoms in total. The molecule has 1 N–H and O–H groups in total. The molecule has 1 aromatic carbocycles. The van der Waals surface area contributed by atoms with E-state index in [9.17, 15) is 4.79 Å². The second kappa shape index (κ2) is 4.14. The minimum absolute atomic E-state index is 0.0114. The van der Waals surface area contributed by atoms with E-state index in [1.807, 2.05) is 32.0 Å². The Morgan fingerprint density at radius 2 is 2.06 bits per heavy atom. The highest BCUT2D eigenvalue weighted by Gasteiger charge is 2.09. The fourth-order valence-electron chi connectivity index (χ4n) is 1.71. The van der Waals surface area contributed by atoms with E-state index >= 15 is 0 Å². The molecule has 2 aromatic rings. The number of methoxy groups -OCH3 is 1. The molecule has 0 spiro atoms. The maximum Gasteiger partial charge on any atom is 0.305 e. The molecule has 0 aliphatic rings. The molecule has 2 rings (SSSR count). The third-order valence-corrected chi connectivity index (χ3v) is 3.33. The fourth-order valence-corrected chi connectivity index (χ4v) is 2.40. The predicted molar refractivity (Wildman–Crippen MR) is 66.4 cm³/mol. The standard InChI is InChI=1S/C12H13NO2S/c1-7-6-9(15-3)4-5-10(7)11-8(2)16-12(14)13-11/h4-6H,1-3H3,(H,13,14). The summed E-state index contributed by atoms with van der Waals surface area (Å²) in [5, 5.41) is 0. The van der Waals surface area contributed by atoms with Crippen LogP contribution in [0.1, 0.15) is 10.4 Å². The van der Waals surface area contributed by atoms with E-state index in [1.54, 1.807) is 7.11 Å². The molecular weight excluding hydrogens is 222 g/mol. The third kappa shape index (κ3) is 1.88. The van der Waals surface area contributed by atoms with Crippen LogP contribution >= 0.6 is 11.3 Å². The molecule has 0 radical (unpaired) electrons. The van der Waals surface area contributed by atoms with Gasteiger partial charge in [0, 0.05) is 10.4 Å². The van der Waals surface area contributed by atoms with Gasteiger partial charge in [-0.15, -0.1) is 0 Å². The van der Waals surface area contributed by atoms with Gasteiger partial charge in [0.25, 0.3) is 0 Å². The molecule has 0 atom stereocenters. The number of rotatable bonds is 2. The van der Waals surface area contributed by atoms with Crippen LogP contribution < -0.4 is 9.61 Å². The zero-order valence-corrected chi connectivity index (χ0v) is 10.3. The summed E-state index contributed by atoms with van der Waals surface area (Å²) in [6, 6.07) is 5.83. The molecule has 84 valence electrons. The molecule has 0 amide bonds. The van der Waals surface area contributed by atoms with Crippen molar-refractivity contribution in [1.29, 1.82) is 0 Å². The third-order valence-electron chi connectivity index (χ3n) is 2.53. The highest BCUT2D eigenvalue weighted by Crippen LogP contribution is 2.28. The number of hydrogen-bond acceptors (Lipinski definition) is 3. The number of nitrogens with one attached hydrogen (secondary N) is 1. The molecule has 4 heteroatoms. The number of H-pyrrole nitrogens is 1. The van der Waals surface area contributed by atoms with E-state index in [2.05, 4.69) is 4.98 Å². The summed E-state index contributed by atoms with van der Waals surface area (Å²) in [5.41, 5.74) is 3.06. The van der Waals surface area contributed by atoms with Gasteiger partial charge in [0.05, 0.1) is 12.8 Å². The van der Waals surface area contributed by atoms with E-state index in [1.165, 1.54) is 11.3 Å². The molecule has 16 heavy (non-hydrogen) atoms. The molecule has 0 bridgehead atoms. The molecular formula is C12H13NO2S. The summed E-state index contributed by atoms with van der Waals surface area (Å²) >= 11 is 1.24. The Hall–Kier alpha value is -1.55. The van der Waals surface area contributed by atoms with Crippen LogP contribution in [0.2, 0.25) is 0 Å². The molecule has 0 saturated carbocycles. The number of ether oxygens (including phenoxy) is 1. The van der Waals surface area contributed by atoms with Gasteiger partial charge in [0.15, 0.2) is 0 Å². The number of aromatic nitrogens is 1. The van der Waals surface area contributed by atoms with Crippen LogP contribution in [0.4, 0.5) is 0 Å². The highest BCUT2D eigenvalue weighted by atomic mass is 32.1. The van der Waals surface area contributed by atoms with Gasteiger partial charge >= 0.3 is 4.87 Å². The molecule has 0 unspecified atom stereocenters. The van der Waals surface area contributed by atoms with Crippen molar-refractivity contribution < 1.29 is 4.74 Å². The Kier molecular flexibility index (Phi) is 2.83. The van der Waals surface area contributed by atoms with E-state index in [4.69, 9.17) is 4.74 Å². The van der Waals surface area contributed by atoms with Gasteiger partial charge in [-0.3, -0.25) is 4.79 Å². The van der Waals surface area contributed by atoms with Crippen LogP contribution in [0.15, 0.2) is 23.0 Å². The van der Waals surface area contributed by atoms with Crippen LogP contribution in [0, 0.1) is 13.8 Å². The van der Waals surface area contributed by atoms with Crippen LogP contribution in [-0.2, 0) is 0 Å². The number of aryl methyl sites for hydroxylation is 2. The minimum atomic E-state index is -0.0114. The van der Waals surface area contributed by atoms with Crippen LogP contribution in [0.3, 0.4) is 0 Å². The molecule has 0 aliphatic carbocycles. The predicted octanol–water partition coefficient (Wildman–Crippen LogP) is 2.73. The Balaban J connectivity index is 2.56. The van der Waals surface area contributed by atoms with E-state index in [-0.39, 0.29) is 4.87 Å². The van der Waals surface area contributed by atoms with Crippen LogP contribution in [0.25, 0.3) is 11.3 Å². The summed E-state index contributed by atoms with van der Waals surface area (Å²) in [5.74, 6) is 0.830. The number of hydrogen-bond donors (Lipinski definition) is 1. The summed E-state index contributed by atoms with van der Waals surface area (Å²) in [6.45, 7) is 3.95. The molecule has 0 fully saturated rings. The van der Waals surface area contributed by atoms with Crippen LogP contribution in [-0.4, -0.2) is 12.1 Å². The number of benzene rings is 1. The summed E-state index contributed by atoms with van der Waals surface area (Å²) < 4.78 is 5.15. The summed E-state index contributed by atoms with van der Waals surface area (Å²) in [6.07, 6.45) is 0. The summed E-state index contributed by atoms with van der Waals surface area (Å²) in [4.78, 5) is 15.1. The van der Waals surface area contributed by atoms with Gasteiger partial charge < -0.3 is 9.72 Å². The summed E-state index contributed by atoms with van der Waals surface area (Å²) in [7, 11) is 1.65. The first-order chi connectivity index (χ1) is 7.61. The molecule has 1 aromatic heterocycles. The maximum atomic E-state index is 11.3. The Morgan fingerprint density at radius 1 is 1.31 bits per heavy atom. The SMILES string of the molecule is COc1ccc(-c2[nH]c(=O)sc2C)c(C)c1. The number of thiazole rings is 1. The molecule has 0 aliphatic heterocycles. The zero-order valence-electron chi connectivity index (χ0n) is 9.46. The lowest BCUT2D eigenvalue weighted by molar-refractivity contribution is 0.414. The lowest BCUT2D eigenvalue weighted by Crippen LogP contribution is -1.94. The lowest BCUT2D eigenvalue weighted by atomic mass is 10.0. The van der Waals surface area contributed by atoms with Gasteiger partial charge in [-0.1, -0.05) is 11.3 Å². The van der Waals surface area contributed by atoms with Gasteiger partial charge in [-0.25, -0.2) is 0 Å². The molecule has 0 saturated heterocycles. The second-order valence-electron chi connectivity index (χ2n) is 3.63. The quantitative estimate of drug-likeness (QED) is 0.869. The van der Waals surface area contributed by atoms with Gasteiger partial charge in [-0.05, 0) is 37.6 Å². The highest BCUT2D eigenvalue weighted by molar-refractivity contribution is 7.09. The first-order valence-electron chi connectivity index (χ1n) is 4.96. The fraction of sp³-hybridized carbons (Fsp3) is 0.250. The van der Waals surface area contributed by atoms with Gasteiger partial charge in [-0.2, -0.15) is 0 Å². The monoisotopic (exact) mass is 235 g/mol. The lowest BCUT2D eigenvalue weighted by Gasteiger charge is -2.07. The van der Waals surface area contributed by atoms with Crippen molar-refractivity contribution in [1.82, 2.24) is 4.98 Å². The van der Waals surface area contributed by atoms with Crippen molar-refractivity contribution in [3.8, 4) is 17.0 Å². The van der Waals surface area contributed by atoms with E-state index in [0.717, 1.165) is 27.4 Å². The van der Waals surface area contributed by atoms with Crippen molar-refractivity contribution in [2.75, 3.05) is 7.11 Å². The van der Waals surface area contributed by atoms with E-state index in [0.29, 0.717) is 0 Å². The van der Waals surface area contributed by atoms with Crippen LogP contribution in [0.5, 0.6) is 5.75 Å². The van der Waals surface area contributed by atoms with Gasteiger partial charge in [0.1, 0.15) is 5.75 Å². The van der Waals surface area contributed by atoms with E-state index < -0.39 is 0 Å². The van der Waals surface area contributed by atoms with Gasteiger partial charge in [0.2, 0.25) is 0 Å². The largest absolute Gasteiger partial charge is 0.497 e. The minimum Gasteiger partial charge on any atom is -0.497 e. The van der Waals surface area contributed by atoms with Crippen molar-refractivity contribution in [3.63, 3.8) is 0 Å². The second-order valence-corrected chi connectivity index (χ2v) is 4.81. The topological polar surface area (TPSA) is 42.1 Å².